The molecule has 0 aromatic heterocycles. The lowest BCUT2D eigenvalue weighted by Gasteiger charge is -2.23. The molecule has 1 N–H and O–H groups in total. The molecule has 0 spiro atoms. The third-order valence-corrected chi connectivity index (χ3v) is 3.84. The molecule has 0 radical (unpaired) electrons. The third kappa shape index (κ3) is 2.76. The van der Waals surface area contributed by atoms with Crippen LogP contribution in [0.4, 0.5) is 20.2 Å². The number of anilines is 2. The van der Waals surface area contributed by atoms with Gasteiger partial charge in [-0.3, -0.25) is 0 Å². The van der Waals surface area contributed by atoms with E-state index in [0.717, 1.165) is 42.0 Å². The molecule has 0 amide bonds. The molecule has 1 aliphatic rings. The SMILES string of the molecule is CCNCc1cc(F)ccc1N1CCc2ccc(F)cc21. The van der Waals surface area contributed by atoms with Crippen LogP contribution in [0.1, 0.15) is 18.1 Å². The van der Waals surface area contributed by atoms with Crippen LogP contribution >= 0.6 is 0 Å². The molecule has 0 unspecified atom stereocenters. The fourth-order valence-electron chi connectivity index (χ4n) is 2.82. The molecular weight excluding hydrogens is 270 g/mol. The van der Waals surface area contributed by atoms with E-state index < -0.39 is 0 Å². The molecule has 0 saturated carbocycles. The molecule has 0 bridgehead atoms. The van der Waals surface area contributed by atoms with Gasteiger partial charge in [-0.2, -0.15) is 0 Å². The van der Waals surface area contributed by atoms with Gasteiger partial charge in [-0.1, -0.05) is 13.0 Å². The van der Waals surface area contributed by atoms with Gasteiger partial charge in [0, 0.05) is 24.5 Å². The van der Waals surface area contributed by atoms with Crippen molar-refractivity contribution in [2.24, 2.45) is 0 Å². The van der Waals surface area contributed by atoms with Crippen molar-refractivity contribution in [3.63, 3.8) is 0 Å². The van der Waals surface area contributed by atoms with Crippen LogP contribution in [-0.2, 0) is 13.0 Å². The van der Waals surface area contributed by atoms with Crippen molar-refractivity contribution in [1.29, 1.82) is 0 Å². The van der Waals surface area contributed by atoms with Gasteiger partial charge in [-0.15, -0.1) is 0 Å². The summed E-state index contributed by atoms with van der Waals surface area (Å²) < 4.78 is 27.0. The van der Waals surface area contributed by atoms with Crippen LogP contribution < -0.4 is 10.2 Å². The summed E-state index contributed by atoms with van der Waals surface area (Å²) in [5.74, 6) is -0.485. The number of fused-ring (bicyclic) bond motifs is 1. The Morgan fingerprint density at radius 1 is 1.05 bits per heavy atom. The first-order valence-corrected chi connectivity index (χ1v) is 7.24. The molecule has 2 aromatic rings. The number of nitrogens with one attached hydrogen (secondary N) is 1. The summed E-state index contributed by atoms with van der Waals surface area (Å²) in [6.07, 6.45) is 0.883. The maximum atomic E-state index is 13.5. The monoisotopic (exact) mass is 288 g/mol. The summed E-state index contributed by atoms with van der Waals surface area (Å²) in [7, 11) is 0. The predicted octanol–water partition coefficient (Wildman–Crippen LogP) is 3.77. The van der Waals surface area contributed by atoms with E-state index in [-0.39, 0.29) is 11.6 Å². The van der Waals surface area contributed by atoms with E-state index in [9.17, 15) is 8.78 Å². The Balaban J connectivity index is 2.00. The number of halogens is 2. The topological polar surface area (TPSA) is 15.3 Å². The highest BCUT2D eigenvalue weighted by Crippen LogP contribution is 2.36. The van der Waals surface area contributed by atoms with Gasteiger partial charge in [-0.05, 0) is 54.4 Å². The smallest absolute Gasteiger partial charge is 0.125 e. The number of nitrogens with zero attached hydrogens (tertiary/aromatic N) is 1. The average molecular weight is 288 g/mol. The van der Waals surface area contributed by atoms with E-state index in [1.807, 2.05) is 13.0 Å². The molecule has 0 aliphatic carbocycles. The number of hydrogen-bond donors (Lipinski definition) is 1. The highest BCUT2D eigenvalue weighted by Gasteiger charge is 2.23. The van der Waals surface area contributed by atoms with E-state index >= 15 is 0 Å². The van der Waals surface area contributed by atoms with Crippen molar-refractivity contribution in [3.05, 3.63) is 59.2 Å². The zero-order valence-corrected chi connectivity index (χ0v) is 12.0. The molecule has 0 atom stereocenters. The summed E-state index contributed by atoms with van der Waals surface area (Å²) in [6, 6.07) is 9.67. The van der Waals surface area contributed by atoms with Crippen LogP contribution in [0.3, 0.4) is 0 Å². The molecule has 110 valence electrons. The molecule has 2 aromatic carbocycles. The van der Waals surface area contributed by atoms with E-state index in [2.05, 4.69) is 10.2 Å². The maximum absolute atomic E-state index is 13.5. The second-order valence-electron chi connectivity index (χ2n) is 5.23. The summed E-state index contributed by atoms with van der Waals surface area (Å²) in [5, 5.41) is 3.22. The molecular formula is C17H18F2N2. The van der Waals surface area contributed by atoms with Crippen LogP contribution in [0.25, 0.3) is 0 Å². The van der Waals surface area contributed by atoms with Gasteiger partial charge >= 0.3 is 0 Å². The van der Waals surface area contributed by atoms with E-state index in [4.69, 9.17) is 0 Å². The highest BCUT2D eigenvalue weighted by atomic mass is 19.1. The molecule has 0 saturated heterocycles. The standard InChI is InChI=1S/C17H18F2N2/c1-2-20-11-13-9-14(18)5-6-16(13)21-8-7-12-3-4-15(19)10-17(12)21/h3-6,9-10,20H,2,7-8,11H2,1H3. The Kier molecular flexibility index (Phi) is 3.88. The van der Waals surface area contributed by atoms with Gasteiger partial charge in [0.05, 0.1) is 0 Å². The summed E-state index contributed by atoms with van der Waals surface area (Å²) >= 11 is 0. The molecule has 0 fully saturated rings. The number of hydrogen-bond acceptors (Lipinski definition) is 2. The van der Waals surface area contributed by atoms with Gasteiger partial charge in [0.2, 0.25) is 0 Å². The molecule has 2 nitrogen and oxygen atoms in total. The Bertz CT molecular complexity index is 655. The highest BCUT2D eigenvalue weighted by molar-refractivity contribution is 5.72. The van der Waals surface area contributed by atoms with E-state index in [1.54, 1.807) is 18.2 Å². The first-order valence-electron chi connectivity index (χ1n) is 7.24. The normalized spacial score (nSPS) is 13.6. The van der Waals surface area contributed by atoms with Crippen LogP contribution in [0, 0.1) is 11.6 Å². The maximum Gasteiger partial charge on any atom is 0.125 e. The minimum absolute atomic E-state index is 0.240. The lowest BCUT2D eigenvalue weighted by atomic mass is 10.1. The zero-order chi connectivity index (χ0) is 14.8. The fourth-order valence-corrected chi connectivity index (χ4v) is 2.82. The average Bonchev–Trinajstić information content (AvgIpc) is 2.88. The van der Waals surface area contributed by atoms with Crippen molar-refractivity contribution in [2.45, 2.75) is 19.9 Å². The Labute approximate surface area is 123 Å². The van der Waals surface area contributed by atoms with E-state index in [1.165, 1.54) is 12.1 Å². The summed E-state index contributed by atoms with van der Waals surface area (Å²) in [4.78, 5) is 2.07. The molecule has 1 aliphatic heterocycles. The van der Waals surface area contributed by atoms with Gasteiger partial charge in [0.1, 0.15) is 11.6 Å². The predicted molar refractivity (Wildman–Crippen MR) is 80.9 cm³/mol. The second-order valence-corrected chi connectivity index (χ2v) is 5.23. The van der Waals surface area contributed by atoms with Crippen LogP contribution in [-0.4, -0.2) is 13.1 Å². The van der Waals surface area contributed by atoms with Gasteiger partial charge < -0.3 is 10.2 Å². The Morgan fingerprint density at radius 3 is 2.62 bits per heavy atom. The first kappa shape index (κ1) is 14.0. The fraction of sp³-hybridized carbons (Fsp3) is 0.294. The molecule has 4 heteroatoms. The van der Waals surface area contributed by atoms with Gasteiger partial charge in [0.25, 0.3) is 0 Å². The zero-order valence-electron chi connectivity index (χ0n) is 12.0. The van der Waals surface area contributed by atoms with Gasteiger partial charge in [-0.25, -0.2) is 8.78 Å². The van der Waals surface area contributed by atoms with Gasteiger partial charge in [0.15, 0.2) is 0 Å². The van der Waals surface area contributed by atoms with Crippen LogP contribution in [0.5, 0.6) is 0 Å². The molecule has 3 rings (SSSR count). The second kappa shape index (κ2) is 5.82. The molecule has 21 heavy (non-hydrogen) atoms. The van der Waals surface area contributed by atoms with Crippen molar-refractivity contribution in [3.8, 4) is 0 Å². The van der Waals surface area contributed by atoms with Crippen LogP contribution in [0.2, 0.25) is 0 Å². The largest absolute Gasteiger partial charge is 0.341 e. The third-order valence-electron chi connectivity index (χ3n) is 3.84. The summed E-state index contributed by atoms with van der Waals surface area (Å²) in [6.45, 7) is 4.23. The Hall–Kier alpha value is -1.94. The van der Waals surface area contributed by atoms with Crippen molar-refractivity contribution < 1.29 is 8.78 Å². The minimum atomic E-state index is -0.245. The Morgan fingerprint density at radius 2 is 1.81 bits per heavy atom. The van der Waals surface area contributed by atoms with Crippen molar-refractivity contribution in [2.75, 3.05) is 18.0 Å². The lowest BCUT2D eigenvalue weighted by Crippen LogP contribution is -2.19. The van der Waals surface area contributed by atoms with Crippen LogP contribution in [0.15, 0.2) is 36.4 Å². The van der Waals surface area contributed by atoms with Crippen molar-refractivity contribution in [1.82, 2.24) is 5.32 Å². The first-order chi connectivity index (χ1) is 10.2. The molecule has 1 heterocycles. The quantitative estimate of drug-likeness (QED) is 0.921. The number of rotatable bonds is 4. The van der Waals surface area contributed by atoms with Crippen molar-refractivity contribution >= 4 is 11.4 Å². The minimum Gasteiger partial charge on any atom is -0.341 e. The lowest BCUT2D eigenvalue weighted by molar-refractivity contribution is 0.621. The van der Waals surface area contributed by atoms with E-state index in [0.29, 0.717) is 6.54 Å². The summed E-state index contributed by atoms with van der Waals surface area (Å²) in [5.41, 5.74) is 3.87. The number of benzene rings is 2.